The number of nitrogens with one attached hydrogen (secondary N) is 2. The molecule has 41 heavy (non-hydrogen) atoms. The molecule has 2 N–H and O–H groups in total. The van der Waals surface area contributed by atoms with Crippen LogP contribution < -0.4 is 14.8 Å². The van der Waals surface area contributed by atoms with E-state index >= 15 is 0 Å². The zero-order valence-electron chi connectivity index (χ0n) is 24.6. The Morgan fingerprint density at radius 3 is 2.76 bits per heavy atom. The van der Waals surface area contributed by atoms with E-state index in [0.717, 1.165) is 45.3 Å². The maximum absolute atomic E-state index is 13.3. The van der Waals surface area contributed by atoms with Crippen LogP contribution in [-0.2, 0) is 4.74 Å². The molecule has 11 heteroatoms. The lowest BCUT2D eigenvalue weighted by Gasteiger charge is -2.49. The Morgan fingerprint density at radius 1 is 1.10 bits per heavy atom. The Kier molecular flexibility index (Phi) is 8.92. The largest absolute Gasteiger partial charge is 0.477 e. The van der Waals surface area contributed by atoms with Gasteiger partial charge in [-0.25, -0.2) is 0 Å². The van der Waals surface area contributed by atoms with Gasteiger partial charge < -0.3 is 9.47 Å². The maximum atomic E-state index is 13.3. The summed E-state index contributed by atoms with van der Waals surface area (Å²) in [5, 5.41) is 9.25. The molecule has 2 saturated carbocycles. The molecular formula is C30H48F3N5O2S. The summed E-state index contributed by atoms with van der Waals surface area (Å²) in [4.78, 5) is 2.76. The van der Waals surface area contributed by atoms with Gasteiger partial charge in [-0.3, -0.25) is 19.6 Å². The Morgan fingerprint density at radius 2 is 1.95 bits per heavy atom. The van der Waals surface area contributed by atoms with Crippen molar-refractivity contribution in [3.8, 4) is 5.88 Å². The van der Waals surface area contributed by atoms with Crippen LogP contribution in [0.3, 0.4) is 0 Å². The van der Waals surface area contributed by atoms with Crippen molar-refractivity contribution < 1.29 is 22.6 Å². The zero-order chi connectivity index (χ0) is 28.7. The first-order chi connectivity index (χ1) is 19.6. The average Bonchev–Trinajstić information content (AvgIpc) is 3.49. The summed E-state index contributed by atoms with van der Waals surface area (Å²) in [6.07, 6.45) is 10.3. The van der Waals surface area contributed by atoms with Gasteiger partial charge in [-0.1, -0.05) is 11.9 Å². The monoisotopic (exact) mass is 599 g/mol. The van der Waals surface area contributed by atoms with Crippen molar-refractivity contribution in [2.45, 2.75) is 139 Å². The minimum atomic E-state index is -4.15. The van der Waals surface area contributed by atoms with Crippen molar-refractivity contribution in [2.24, 2.45) is 11.3 Å². The van der Waals surface area contributed by atoms with E-state index in [-0.39, 0.29) is 43.7 Å². The van der Waals surface area contributed by atoms with Crippen LogP contribution in [0, 0.1) is 11.3 Å². The summed E-state index contributed by atoms with van der Waals surface area (Å²) in [6, 6.07) is 2.30. The molecule has 1 aromatic rings. The van der Waals surface area contributed by atoms with E-state index in [9.17, 15) is 13.2 Å². The van der Waals surface area contributed by atoms with Crippen LogP contribution in [0.4, 0.5) is 13.2 Å². The number of alkyl halides is 3. The van der Waals surface area contributed by atoms with Crippen LogP contribution in [0.15, 0.2) is 12.3 Å². The van der Waals surface area contributed by atoms with Crippen molar-refractivity contribution in [3.63, 3.8) is 0 Å². The second-order valence-corrected chi connectivity index (χ2v) is 15.0. The summed E-state index contributed by atoms with van der Waals surface area (Å²) in [5.41, 5.74) is -1.45. The summed E-state index contributed by atoms with van der Waals surface area (Å²) >= 11 is 1.92. The molecule has 6 rings (SSSR count). The first-order valence-corrected chi connectivity index (χ1v) is 16.8. The Labute approximate surface area is 247 Å². The lowest BCUT2D eigenvalue weighted by molar-refractivity contribution is -0.190. The smallest absolute Gasteiger partial charge is 0.394 e. The van der Waals surface area contributed by atoms with Crippen LogP contribution in [0.2, 0.25) is 0 Å². The van der Waals surface area contributed by atoms with Crippen LogP contribution in [0.5, 0.6) is 5.88 Å². The number of aromatic nitrogens is 2. The third-order valence-electron chi connectivity index (χ3n) is 10.5. The highest BCUT2D eigenvalue weighted by Gasteiger charge is 2.62. The Balaban J connectivity index is 1.13. The molecule has 0 aromatic carbocycles. The van der Waals surface area contributed by atoms with Gasteiger partial charge in [-0.05, 0) is 97.3 Å². The van der Waals surface area contributed by atoms with Crippen LogP contribution in [0.25, 0.3) is 0 Å². The molecule has 6 unspecified atom stereocenters. The molecule has 1 aromatic heterocycles. The normalized spacial score (nSPS) is 36.1. The van der Waals surface area contributed by atoms with Crippen LogP contribution >= 0.6 is 11.9 Å². The number of halogens is 3. The molecule has 0 spiro atoms. The van der Waals surface area contributed by atoms with Crippen LogP contribution in [0.1, 0.15) is 103 Å². The number of hydrogen-bond acceptors (Lipinski definition) is 7. The predicted molar refractivity (Wildman–Crippen MR) is 155 cm³/mol. The molecule has 3 aliphatic heterocycles. The van der Waals surface area contributed by atoms with E-state index in [0.29, 0.717) is 29.2 Å². The van der Waals surface area contributed by atoms with Crippen molar-refractivity contribution in [3.05, 3.63) is 12.3 Å². The molecule has 2 bridgehead atoms. The number of piperidine rings is 1. The summed E-state index contributed by atoms with van der Waals surface area (Å²) < 4.78 is 57.6. The van der Waals surface area contributed by atoms with Gasteiger partial charge in [0.05, 0.1) is 24.3 Å². The molecule has 232 valence electrons. The SMILES string of the molecule is CC1(C)CCC2CCCOC3CCCC(C3)SNCC3CCC(n4ccc(OCCC5(C(F)(F)F)CC5)n4)NC3N21. The molecule has 5 fully saturated rings. The standard InChI is InChI=1S/C30H48F3N5O2S/c1-28(2)12-10-22-5-4-17-39-23-6-3-7-24(19-23)41-34-20-21-8-9-25(35-27(21)38(22)28)37-16-11-26(36-37)40-18-15-29(13-14-29)30(31,32)33/h11,16,21-25,27,34-35H,3-10,12-15,17-20H2,1-2H3. The lowest BCUT2D eigenvalue weighted by atomic mass is 9.90. The summed E-state index contributed by atoms with van der Waals surface area (Å²) in [7, 11) is 0. The summed E-state index contributed by atoms with van der Waals surface area (Å²) in [5.74, 6) is 0.877. The number of nitrogens with zero attached hydrogens (tertiary/aromatic N) is 3. The van der Waals surface area contributed by atoms with E-state index in [2.05, 4.69) is 33.9 Å². The lowest BCUT2D eigenvalue weighted by Crippen LogP contribution is -2.62. The highest BCUT2D eigenvalue weighted by molar-refractivity contribution is 7.98. The number of fused-ring (bicyclic) bond motifs is 5. The number of hydrogen-bond donors (Lipinski definition) is 2. The molecule has 7 nitrogen and oxygen atoms in total. The highest BCUT2D eigenvalue weighted by Crippen LogP contribution is 2.59. The first-order valence-electron chi connectivity index (χ1n) is 15.9. The van der Waals surface area contributed by atoms with Gasteiger partial charge in [-0.2, -0.15) is 13.2 Å². The predicted octanol–water partition coefficient (Wildman–Crippen LogP) is 6.42. The van der Waals surface area contributed by atoms with E-state index < -0.39 is 11.6 Å². The van der Waals surface area contributed by atoms with Crippen molar-refractivity contribution in [1.29, 1.82) is 0 Å². The average molecular weight is 600 g/mol. The minimum Gasteiger partial charge on any atom is -0.477 e. The Bertz CT molecular complexity index is 1020. The molecule has 3 saturated heterocycles. The molecule has 0 radical (unpaired) electrons. The number of ether oxygens (including phenoxy) is 2. The van der Waals surface area contributed by atoms with Gasteiger partial charge >= 0.3 is 6.18 Å². The quantitative estimate of drug-likeness (QED) is 0.379. The highest BCUT2D eigenvalue weighted by atomic mass is 32.2. The fourth-order valence-electron chi connectivity index (χ4n) is 7.80. The van der Waals surface area contributed by atoms with Crippen molar-refractivity contribution in [1.82, 2.24) is 24.7 Å². The molecule has 2 aliphatic carbocycles. The Hall–Kier alpha value is -1.01. The van der Waals surface area contributed by atoms with Gasteiger partial charge in [0.1, 0.15) is 6.17 Å². The van der Waals surface area contributed by atoms with Gasteiger partial charge in [0, 0.05) is 48.2 Å². The molecular weight excluding hydrogens is 551 g/mol. The molecule has 6 atom stereocenters. The fourth-order valence-corrected chi connectivity index (χ4v) is 8.94. The van der Waals surface area contributed by atoms with Gasteiger partial charge in [0.25, 0.3) is 0 Å². The number of rotatable bonds is 5. The topological polar surface area (TPSA) is 63.6 Å². The zero-order valence-corrected chi connectivity index (χ0v) is 25.4. The second-order valence-electron chi connectivity index (χ2n) is 13.8. The van der Waals surface area contributed by atoms with Crippen molar-refractivity contribution >= 4 is 11.9 Å². The van der Waals surface area contributed by atoms with Gasteiger partial charge in [0.2, 0.25) is 5.88 Å². The van der Waals surface area contributed by atoms with E-state index in [1.165, 1.54) is 32.1 Å². The molecule has 0 amide bonds. The third-order valence-corrected chi connectivity index (χ3v) is 11.6. The maximum Gasteiger partial charge on any atom is 0.394 e. The molecule has 4 heterocycles. The fraction of sp³-hybridized carbons (Fsp3) is 0.900. The van der Waals surface area contributed by atoms with E-state index in [1.54, 1.807) is 6.07 Å². The first kappa shape index (κ1) is 30.0. The summed E-state index contributed by atoms with van der Waals surface area (Å²) in [6.45, 7) is 6.62. The van der Waals surface area contributed by atoms with Gasteiger partial charge in [0.15, 0.2) is 0 Å². The second kappa shape index (κ2) is 12.2. The third kappa shape index (κ3) is 6.74. The van der Waals surface area contributed by atoms with E-state index in [4.69, 9.17) is 9.47 Å². The van der Waals surface area contributed by atoms with Gasteiger partial charge in [-0.15, -0.1) is 5.10 Å². The minimum absolute atomic E-state index is 0.00219. The van der Waals surface area contributed by atoms with Crippen LogP contribution in [-0.4, -0.2) is 69.7 Å². The van der Waals surface area contributed by atoms with Crippen molar-refractivity contribution in [2.75, 3.05) is 19.8 Å². The molecule has 5 aliphatic rings. The van der Waals surface area contributed by atoms with E-state index in [1.807, 2.05) is 22.8 Å².